The predicted octanol–water partition coefficient (Wildman–Crippen LogP) is 2.39. The molecule has 2 rings (SSSR count). The predicted molar refractivity (Wildman–Crippen MR) is 55.1 cm³/mol. The van der Waals surface area contributed by atoms with Gasteiger partial charge in [-0.05, 0) is 24.3 Å². The van der Waals surface area contributed by atoms with E-state index in [1.165, 1.54) is 18.3 Å². The van der Waals surface area contributed by atoms with Crippen molar-refractivity contribution >= 4 is 12.4 Å². The van der Waals surface area contributed by atoms with Gasteiger partial charge in [-0.25, -0.2) is 9.37 Å². The zero-order chi connectivity index (χ0) is 9.97. The number of aliphatic hydroxyl groups excluding tert-OH is 1. The number of rotatable bonds is 2. The van der Waals surface area contributed by atoms with Crippen LogP contribution < -0.4 is 0 Å². The fourth-order valence-electron chi connectivity index (χ4n) is 1.13. The van der Waals surface area contributed by atoms with Crippen LogP contribution in [0.2, 0.25) is 0 Å². The van der Waals surface area contributed by atoms with Crippen molar-refractivity contribution in [2.45, 2.75) is 6.61 Å². The van der Waals surface area contributed by atoms with Gasteiger partial charge in [0.1, 0.15) is 12.4 Å². The summed E-state index contributed by atoms with van der Waals surface area (Å²) < 4.78 is 17.8. The summed E-state index contributed by atoms with van der Waals surface area (Å²) in [6, 6.07) is 5.88. The van der Waals surface area contributed by atoms with Crippen molar-refractivity contribution in [3.05, 3.63) is 42.2 Å². The molecule has 0 saturated carbocycles. The van der Waals surface area contributed by atoms with E-state index in [4.69, 9.17) is 9.52 Å². The minimum Gasteiger partial charge on any atom is -0.438 e. The lowest BCUT2D eigenvalue weighted by Gasteiger charge is -1.94. The van der Waals surface area contributed by atoms with Crippen molar-refractivity contribution in [2.75, 3.05) is 0 Å². The summed E-state index contributed by atoms with van der Waals surface area (Å²) in [6.07, 6.45) is 1.50. The third kappa shape index (κ3) is 2.55. The minimum absolute atomic E-state index is 0. The van der Waals surface area contributed by atoms with E-state index in [1.807, 2.05) is 0 Å². The molecule has 0 fully saturated rings. The zero-order valence-corrected chi connectivity index (χ0v) is 8.50. The molecule has 0 bridgehead atoms. The topological polar surface area (TPSA) is 46.3 Å². The molecule has 15 heavy (non-hydrogen) atoms. The van der Waals surface area contributed by atoms with Gasteiger partial charge in [-0.2, -0.15) is 0 Å². The molecule has 0 aliphatic heterocycles. The van der Waals surface area contributed by atoms with Crippen LogP contribution in [-0.4, -0.2) is 10.1 Å². The number of halogens is 2. The number of aliphatic hydroxyl groups is 1. The Balaban J connectivity index is 0.00000112. The van der Waals surface area contributed by atoms with Gasteiger partial charge in [0.05, 0.1) is 6.20 Å². The first-order valence-corrected chi connectivity index (χ1v) is 4.11. The normalized spacial score (nSPS) is 9.73. The molecule has 0 radical (unpaired) electrons. The van der Waals surface area contributed by atoms with Crippen LogP contribution in [0.1, 0.15) is 5.89 Å². The van der Waals surface area contributed by atoms with Crippen molar-refractivity contribution < 1.29 is 13.9 Å². The Bertz CT molecular complexity index is 427. The average Bonchev–Trinajstić information content (AvgIpc) is 2.67. The number of hydrogen-bond acceptors (Lipinski definition) is 3. The van der Waals surface area contributed by atoms with Crippen LogP contribution >= 0.6 is 12.4 Å². The molecule has 1 aromatic heterocycles. The maximum Gasteiger partial charge on any atom is 0.220 e. The van der Waals surface area contributed by atoms with Gasteiger partial charge in [-0.3, -0.25) is 0 Å². The lowest BCUT2D eigenvalue weighted by molar-refractivity contribution is 0.241. The quantitative estimate of drug-likeness (QED) is 0.860. The van der Waals surface area contributed by atoms with E-state index in [0.29, 0.717) is 5.76 Å². The molecule has 0 unspecified atom stereocenters. The molecule has 0 aliphatic carbocycles. The van der Waals surface area contributed by atoms with Crippen LogP contribution in [0.4, 0.5) is 4.39 Å². The van der Waals surface area contributed by atoms with Gasteiger partial charge in [-0.15, -0.1) is 12.4 Å². The minimum atomic E-state index is -0.296. The van der Waals surface area contributed by atoms with Crippen molar-refractivity contribution in [2.24, 2.45) is 0 Å². The van der Waals surface area contributed by atoms with E-state index in [2.05, 4.69) is 4.98 Å². The first-order chi connectivity index (χ1) is 6.79. The van der Waals surface area contributed by atoms with Crippen LogP contribution in [0.25, 0.3) is 11.3 Å². The number of aromatic nitrogens is 1. The second-order valence-electron chi connectivity index (χ2n) is 2.78. The lowest BCUT2D eigenvalue weighted by atomic mass is 10.2. The van der Waals surface area contributed by atoms with Crippen LogP contribution in [0.5, 0.6) is 0 Å². The van der Waals surface area contributed by atoms with Crippen molar-refractivity contribution in [3.63, 3.8) is 0 Å². The third-order valence-electron chi connectivity index (χ3n) is 1.82. The summed E-state index contributed by atoms with van der Waals surface area (Å²) in [4.78, 5) is 3.82. The van der Waals surface area contributed by atoms with Gasteiger partial charge in [0, 0.05) is 5.56 Å². The fourth-order valence-corrected chi connectivity index (χ4v) is 1.13. The summed E-state index contributed by atoms with van der Waals surface area (Å²) in [7, 11) is 0. The van der Waals surface area contributed by atoms with Crippen LogP contribution in [0, 0.1) is 5.82 Å². The molecule has 0 spiro atoms. The van der Waals surface area contributed by atoms with E-state index in [0.717, 1.165) is 5.56 Å². The molecule has 0 amide bonds. The summed E-state index contributed by atoms with van der Waals surface area (Å²) >= 11 is 0. The Labute approximate surface area is 92.0 Å². The number of hydrogen-bond donors (Lipinski definition) is 1. The highest BCUT2D eigenvalue weighted by atomic mass is 35.5. The summed E-state index contributed by atoms with van der Waals surface area (Å²) in [5.41, 5.74) is 0.735. The molecule has 1 N–H and O–H groups in total. The molecule has 1 heterocycles. The molecule has 80 valence electrons. The molecular formula is C10H9ClFNO2. The molecular weight excluding hydrogens is 221 g/mol. The molecule has 0 aliphatic rings. The van der Waals surface area contributed by atoms with Gasteiger partial charge in [-0.1, -0.05) is 0 Å². The second-order valence-corrected chi connectivity index (χ2v) is 2.78. The first kappa shape index (κ1) is 11.7. The van der Waals surface area contributed by atoms with E-state index < -0.39 is 0 Å². The average molecular weight is 230 g/mol. The molecule has 0 saturated heterocycles. The highest BCUT2D eigenvalue weighted by Gasteiger charge is 2.04. The van der Waals surface area contributed by atoms with Crippen LogP contribution in [0.15, 0.2) is 34.9 Å². The van der Waals surface area contributed by atoms with E-state index in [1.54, 1.807) is 12.1 Å². The second kappa shape index (κ2) is 4.91. The standard InChI is InChI=1S/C10H8FNO2.ClH/c11-8-3-1-7(2-4-8)9-5-12-10(6-13)14-9;/h1-5,13H,6H2;1H. The van der Waals surface area contributed by atoms with Crippen molar-refractivity contribution in [1.82, 2.24) is 4.98 Å². The number of nitrogens with zero attached hydrogens (tertiary/aromatic N) is 1. The van der Waals surface area contributed by atoms with Gasteiger partial charge in [0.25, 0.3) is 0 Å². The van der Waals surface area contributed by atoms with Crippen LogP contribution in [0.3, 0.4) is 0 Å². The molecule has 5 heteroatoms. The molecule has 0 atom stereocenters. The third-order valence-corrected chi connectivity index (χ3v) is 1.82. The Morgan fingerprint density at radius 1 is 1.27 bits per heavy atom. The maximum atomic E-state index is 12.6. The SMILES string of the molecule is Cl.OCc1ncc(-c2ccc(F)cc2)o1. The lowest BCUT2D eigenvalue weighted by Crippen LogP contribution is -1.78. The van der Waals surface area contributed by atoms with E-state index >= 15 is 0 Å². The smallest absolute Gasteiger partial charge is 0.220 e. The fraction of sp³-hybridized carbons (Fsp3) is 0.100. The molecule has 1 aromatic carbocycles. The van der Waals surface area contributed by atoms with E-state index in [-0.39, 0.29) is 30.7 Å². The van der Waals surface area contributed by atoms with Gasteiger partial charge in [0.15, 0.2) is 5.76 Å². The highest BCUT2D eigenvalue weighted by molar-refractivity contribution is 5.85. The summed E-state index contributed by atoms with van der Waals surface area (Å²) in [6.45, 7) is -0.235. The Morgan fingerprint density at radius 2 is 1.93 bits per heavy atom. The number of oxazole rings is 1. The Morgan fingerprint density at radius 3 is 2.47 bits per heavy atom. The molecule has 3 nitrogen and oxygen atoms in total. The summed E-state index contributed by atoms with van der Waals surface area (Å²) in [5, 5.41) is 8.73. The zero-order valence-electron chi connectivity index (χ0n) is 7.68. The molecule has 2 aromatic rings. The monoisotopic (exact) mass is 229 g/mol. The van der Waals surface area contributed by atoms with Crippen LogP contribution in [-0.2, 0) is 6.61 Å². The van der Waals surface area contributed by atoms with E-state index in [9.17, 15) is 4.39 Å². The van der Waals surface area contributed by atoms with Gasteiger partial charge >= 0.3 is 0 Å². The van der Waals surface area contributed by atoms with Gasteiger partial charge in [0.2, 0.25) is 5.89 Å². The maximum absolute atomic E-state index is 12.6. The van der Waals surface area contributed by atoms with Gasteiger partial charge < -0.3 is 9.52 Å². The first-order valence-electron chi connectivity index (χ1n) is 4.11. The van der Waals surface area contributed by atoms with Crippen molar-refractivity contribution in [3.8, 4) is 11.3 Å². The Kier molecular flexibility index (Phi) is 3.82. The summed E-state index contributed by atoms with van der Waals surface area (Å²) in [5.74, 6) is 0.481. The number of benzene rings is 1. The highest BCUT2D eigenvalue weighted by Crippen LogP contribution is 2.20. The largest absolute Gasteiger partial charge is 0.438 e. The van der Waals surface area contributed by atoms with Crippen molar-refractivity contribution in [1.29, 1.82) is 0 Å². The Hall–Kier alpha value is -1.39.